The lowest BCUT2D eigenvalue weighted by Crippen LogP contribution is -2.17. The fourth-order valence-corrected chi connectivity index (χ4v) is 2.28. The quantitative estimate of drug-likeness (QED) is 0.150. The van der Waals surface area contributed by atoms with Crippen LogP contribution in [0.1, 0.15) is 19.8 Å². The third-order valence-corrected chi connectivity index (χ3v) is 4.11. The van der Waals surface area contributed by atoms with Gasteiger partial charge in [-0.15, -0.1) is 0 Å². The number of rotatable bonds is 30. The minimum Gasteiger partial charge on any atom is -0.379 e. The molecule has 0 aliphatic carbocycles. The molecular formula is C23H49NO9. The molecule has 0 aliphatic heterocycles. The van der Waals surface area contributed by atoms with Gasteiger partial charge >= 0.3 is 0 Å². The van der Waals surface area contributed by atoms with Crippen LogP contribution in [-0.2, 0) is 42.6 Å². The summed E-state index contributed by atoms with van der Waals surface area (Å²) in [5.41, 5.74) is 0. The van der Waals surface area contributed by atoms with Gasteiger partial charge in [0.1, 0.15) is 0 Å². The first-order valence-corrected chi connectivity index (χ1v) is 12.3. The van der Waals surface area contributed by atoms with Crippen molar-refractivity contribution in [3.05, 3.63) is 0 Å². The molecule has 33 heavy (non-hydrogen) atoms. The summed E-state index contributed by atoms with van der Waals surface area (Å²) in [7, 11) is 1.90. The Morgan fingerprint density at radius 1 is 0.364 bits per heavy atom. The maximum absolute atomic E-state index is 5.45. The van der Waals surface area contributed by atoms with Gasteiger partial charge in [0.2, 0.25) is 0 Å². The molecule has 0 spiro atoms. The Morgan fingerprint density at radius 2 is 0.606 bits per heavy atom. The van der Waals surface area contributed by atoms with Gasteiger partial charge in [-0.05, 0) is 13.5 Å². The van der Waals surface area contributed by atoms with Gasteiger partial charge in [-0.25, -0.2) is 0 Å². The SMILES string of the molecule is CCCCOCCOCCOCCOCCOCCOCCOCCOCCOCCNC. The van der Waals surface area contributed by atoms with Crippen molar-refractivity contribution in [3.63, 3.8) is 0 Å². The van der Waals surface area contributed by atoms with Crippen molar-refractivity contribution in [2.75, 3.05) is 133 Å². The largest absolute Gasteiger partial charge is 0.379 e. The second-order valence-electron chi connectivity index (χ2n) is 6.97. The van der Waals surface area contributed by atoms with E-state index in [-0.39, 0.29) is 0 Å². The maximum atomic E-state index is 5.45. The topological polar surface area (TPSA) is 95.1 Å². The van der Waals surface area contributed by atoms with E-state index in [9.17, 15) is 0 Å². The summed E-state index contributed by atoms with van der Waals surface area (Å²) in [6.07, 6.45) is 2.25. The van der Waals surface area contributed by atoms with Crippen molar-refractivity contribution >= 4 is 0 Å². The zero-order valence-corrected chi connectivity index (χ0v) is 21.0. The lowest BCUT2D eigenvalue weighted by Gasteiger charge is -2.09. The second kappa shape index (κ2) is 31.6. The molecule has 0 saturated heterocycles. The summed E-state index contributed by atoms with van der Waals surface area (Å²) in [5, 5.41) is 3.02. The number of nitrogens with one attached hydrogen (secondary N) is 1. The van der Waals surface area contributed by atoms with Crippen LogP contribution in [0.2, 0.25) is 0 Å². The van der Waals surface area contributed by atoms with Gasteiger partial charge in [0.15, 0.2) is 0 Å². The highest BCUT2D eigenvalue weighted by Gasteiger charge is 1.95. The molecule has 0 aromatic rings. The van der Waals surface area contributed by atoms with Crippen LogP contribution in [-0.4, -0.2) is 133 Å². The van der Waals surface area contributed by atoms with Crippen molar-refractivity contribution in [2.45, 2.75) is 19.8 Å². The Labute approximate surface area is 200 Å². The van der Waals surface area contributed by atoms with Crippen molar-refractivity contribution in [2.24, 2.45) is 0 Å². The minimum absolute atomic E-state index is 0.538. The van der Waals surface area contributed by atoms with Crippen LogP contribution >= 0.6 is 0 Å². The molecule has 0 atom stereocenters. The lowest BCUT2D eigenvalue weighted by atomic mass is 10.4. The van der Waals surface area contributed by atoms with Crippen LogP contribution in [0.3, 0.4) is 0 Å². The number of hydrogen-bond acceptors (Lipinski definition) is 10. The second-order valence-corrected chi connectivity index (χ2v) is 6.97. The molecule has 0 saturated carbocycles. The molecule has 0 aromatic carbocycles. The van der Waals surface area contributed by atoms with Gasteiger partial charge < -0.3 is 47.9 Å². The highest BCUT2D eigenvalue weighted by molar-refractivity contribution is 4.39. The van der Waals surface area contributed by atoms with E-state index in [4.69, 9.17) is 42.6 Å². The molecule has 10 heteroatoms. The fourth-order valence-electron chi connectivity index (χ4n) is 2.28. The van der Waals surface area contributed by atoms with Crippen LogP contribution < -0.4 is 5.32 Å². The van der Waals surface area contributed by atoms with Gasteiger partial charge in [0, 0.05) is 13.2 Å². The summed E-state index contributed by atoms with van der Waals surface area (Å²) < 4.78 is 48.8. The molecule has 0 amide bonds. The molecule has 0 rings (SSSR count). The van der Waals surface area contributed by atoms with Crippen LogP contribution in [0.15, 0.2) is 0 Å². The molecule has 0 radical (unpaired) electrons. The van der Waals surface area contributed by atoms with E-state index < -0.39 is 0 Å². The summed E-state index contributed by atoms with van der Waals surface area (Å²) in [6.45, 7) is 13.6. The predicted octanol–water partition coefficient (Wildman–Crippen LogP) is 1.16. The lowest BCUT2D eigenvalue weighted by molar-refractivity contribution is -0.0249. The van der Waals surface area contributed by atoms with Gasteiger partial charge in [-0.1, -0.05) is 13.3 Å². The third-order valence-electron chi connectivity index (χ3n) is 4.11. The van der Waals surface area contributed by atoms with Crippen molar-refractivity contribution in [3.8, 4) is 0 Å². The summed E-state index contributed by atoms with van der Waals surface area (Å²) in [6, 6.07) is 0. The minimum atomic E-state index is 0.538. The molecule has 200 valence electrons. The van der Waals surface area contributed by atoms with Crippen LogP contribution in [0, 0.1) is 0 Å². The Morgan fingerprint density at radius 3 is 0.848 bits per heavy atom. The monoisotopic (exact) mass is 483 g/mol. The number of ether oxygens (including phenoxy) is 9. The summed E-state index contributed by atoms with van der Waals surface area (Å²) in [4.78, 5) is 0. The molecular weight excluding hydrogens is 434 g/mol. The van der Waals surface area contributed by atoms with Crippen molar-refractivity contribution in [1.29, 1.82) is 0 Å². The first kappa shape index (κ1) is 32.6. The Kier molecular flexibility index (Phi) is 31.2. The van der Waals surface area contributed by atoms with Gasteiger partial charge in [-0.3, -0.25) is 0 Å². The third kappa shape index (κ3) is 31.6. The van der Waals surface area contributed by atoms with Crippen LogP contribution in [0.4, 0.5) is 0 Å². The molecule has 0 aromatic heterocycles. The average molecular weight is 484 g/mol. The molecule has 1 N–H and O–H groups in total. The average Bonchev–Trinajstić information content (AvgIpc) is 2.83. The van der Waals surface area contributed by atoms with E-state index in [1.807, 2.05) is 7.05 Å². The van der Waals surface area contributed by atoms with E-state index in [0.717, 1.165) is 26.0 Å². The standard InChI is InChI=1S/C23H49NO9/c1-3-4-6-25-8-10-27-12-14-29-16-18-31-20-22-33-23-21-32-19-17-30-15-13-28-11-9-26-7-5-24-2/h24H,3-23H2,1-2H3. The number of unbranched alkanes of at least 4 members (excludes halogenated alkanes) is 1. The molecule has 0 fully saturated rings. The van der Waals surface area contributed by atoms with Gasteiger partial charge in [0.25, 0.3) is 0 Å². The molecule has 0 bridgehead atoms. The highest BCUT2D eigenvalue weighted by atomic mass is 16.6. The van der Waals surface area contributed by atoms with E-state index in [2.05, 4.69) is 12.2 Å². The molecule has 0 heterocycles. The number of hydrogen-bond donors (Lipinski definition) is 1. The van der Waals surface area contributed by atoms with E-state index in [1.54, 1.807) is 0 Å². The predicted molar refractivity (Wildman–Crippen MR) is 126 cm³/mol. The van der Waals surface area contributed by atoms with E-state index in [1.165, 1.54) is 0 Å². The van der Waals surface area contributed by atoms with Crippen LogP contribution in [0.5, 0.6) is 0 Å². The Hall–Kier alpha value is -0.400. The zero-order chi connectivity index (χ0) is 23.9. The number of likely N-dealkylation sites (N-methyl/N-ethyl adjacent to an activating group) is 1. The van der Waals surface area contributed by atoms with Crippen LogP contribution in [0.25, 0.3) is 0 Å². The van der Waals surface area contributed by atoms with E-state index >= 15 is 0 Å². The fraction of sp³-hybridized carbons (Fsp3) is 1.00. The van der Waals surface area contributed by atoms with Crippen molar-refractivity contribution in [1.82, 2.24) is 5.32 Å². The zero-order valence-electron chi connectivity index (χ0n) is 21.0. The Balaban J connectivity index is 2.99. The first-order chi connectivity index (χ1) is 16.4. The summed E-state index contributed by atoms with van der Waals surface area (Å²) in [5.74, 6) is 0. The normalized spacial score (nSPS) is 11.5. The first-order valence-electron chi connectivity index (χ1n) is 12.3. The highest BCUT2D eigenvalue weighted by Crippen LogP contribution is 1.88. The maximum Gasteiger partial charge on any atom is 0.0701 e. The van der Waals surface area contributed by atoms with E-state index in [0.29, 0.717) is 112 Å². The molecule has 0 aliphatic rings. The van der Waals surface area contributed by atoms with Crippen molar-refractivity contribution < 1.29 is 42.6 Å². The molecule has 10 nitrogen and oxygen atoms in total. The molecule has 0 unspecified atom stereocenters. The Bertz CT molecular complexity index is 311. The smallest absolute Gasteiger partial charge is 0.0701 e. The van der Waals surface area contributed by atoms with Gasteiger partial charge in [-0.2, -0.15) is 0 Å². The summed E-state index contributed by atoms with van der Waals surface area (Å²) >= 11 is 0. The van der Waals surface area contributed by atoms with Gasteiger partial charge in [0.05, 0.1) is 112 Å².